The highest BCUT2D eigenvalue weighted by molar-refractivity contribution is 6.31. The van der Waals surface area contributed by atoms with Gasteiger partial charge in [0.1, 0.15) is 5.52 Å². The number of aromatic nitrogens is 6. The first-order valence-electron chi connectivity index (χ1n) is 11.2. The first kappa shape index (κ1) is 21.5. The van der Waals surface area contributed by atoms with Gasteiger partial charge >= 0.3 is 0 Å². The number of nitrogens with zero attached hydrogens (tertiary/aromatic N) is 5. The fourth-order valence-electron chi connectivity index (χ4n) is 4.54. The Bertz CT molecular complexity index is 1750. The van der Waals surface area contributed by atoms with Gasteiger partial charge in [-0.15, -0.1) is 10.2 Å². The van der Waals surface area contributed by atoms with Gasteiger partial charge in [0, 0.05) is 42.0 Å². The van der Waals surface area contributed by atoms with Crippen molar-refractivity contribution in [3.8, 4) is 11.1 Å². The summed E-state index contributed by atoms with van der Waals surface area (Å²) >= 11 is 6.17. The zero-order valence-corrected chi connectivity index (χ0v) is 19.7. The molecule has 0 spiro atoms. The number of aromatic amines is 1. The van der Waals surface area contributed by atoms with E-state index in [0.717, 1.165) is 33.3 Å². The molecule has 174 valence electrons. The number of pyridine rings is 1. The number of fused-ring (bicyclic) bond motifs is 4. The lowest BCUT2D eigenvalue weighted by Crippen LogP contribution is -2.22. The van der Waals surface area contributed by atoms with E-state index in [1.807, 2.05) is 60.8 Å². The number of aryl methyl sites for hydroxylation is 2. The molecule has 6 aromatic rings. The fraction of sp³-hybridized carbons (Fsp3) is 0.154. The number of rotatable bonds is 6. The molecule has 1 N–H and O–H groups in total. The summed E-state index contributed by atoms with van der Waals surface area (Å²) < 4.78 is 8.72. The SMILES string of the molecule is COCc1nn2c(nnc3c(=O)n(CCc4c[nH]c5ccc(Cl)cc45)ccc32)c1-c1ccccc1. The standard InChI is InChI=1S/C26H21ClN6O2/c1-35-15-21-23(16-5-3-2-4-6-16)25-30-29-24-22(33(25)31-21)10-12-32(26(24)34)11-9-17-14-28-20-8-7-18(27)13-19(17)20/h2-8,10,12-14,28H,9,11,15H2,1H3. The largest absolute Gasteiger partial charge is 0.378 e. The Balaban J connectivity index is 1.41. The second-order valence-corrected chi connectivity index (χ2v) is 8.79. The predicted octanol–water partition coefficient (Wildman–Crippen LogP) is 4.63. The van der Waals surface area contributed by atoms with E-state index in [1.54, 1.807) is 22.4 Å². The van der Waals surface area contributed by atoms with Crippen molar-refractivity contribution in [1.82, 2.24) is 29.4 Å². The van der Waals surface area contributed by atoms with Gasteiger partial charge in [-0.3, -0.25) is 4.79 Å². The summed E-state index contributed by atoms with van der Waals surface area (Å²) in [5, 5.41) is 15.2. The molecular formula is C26H21ClN6O2. The highest BCUT2D eigenvalue weighted by Crippen LogP contribution is 2.29. The number of hydrogen-bond acceptors (Lipinski definition) is 5. The Labute approximate surface area is 204 Å². The summed E-state index contributed by atoms with van der Waals surface area (Å²) in [6.07, 6.45) is 4.41. The third-order valence-electron chi connectivity index (χ3n) is 6.22. The van der Waals surface area contributed by atoms with Crippen LogP contribution in [-0.4, -0.2) is 36.5 Å². The molecule has 35 heavy (non-hydrogen) atoms. The molecule has 0 aliphatic carbocycles. The maximum Gasteiger partial charge on any atom is 0.280 e. The minimum Gasteiger partial charge on any atom is -0.378 e. The highest BCUT2D eigenvalue weighted by Gasteiger charge is 2.19. The number of benzene rings is 2. The van der Waals surface area contributed by atoms with E-state index in [-0.39, 0.29) is 11.1 Å². The normalized spacial score (nSPS) is 11.7. The lowest BCUT2D eigenvalue weighted by atomic mass is 10.1. The van der Waals surface area contributed by atoms with Crippen LogP contribution in [0.15, 0.2) is 71.8 Å². The summed E-state index contributed by atoms with van der Waals surface area (Å²) in [4.78, 5) is 16.6. The summed E-state index contributed by atoms with van der Waals surface area (Å²) in [5.41, 5.74) is 5.93. The molecule has 0 saturated carbocycles. The molecule has 0 radical (unpaired) electrons. The van der Waals surface area contributed by atoms with Gasteiger partial charge < -0.3 is 14.3 Å². The van der Waals surface area contributed by atoms with Crippen molar-refractivity contribution < 1.29 is 4.74 Å². The predicted molar refractivity (Wildman–Crippen MR) is 136 cm³/mol. The third kappa shape index (κ3) is 3.67. The maximum absolute atomic E-state index is 13.3. The van der Waals surface area contributed by atoms with E-state index >= 15 is 0 Å². The zero-order valence-electron chi connectivity index (χ0n) is 18.9. The van der Waals surface area contributed by atoms with Crippen LogP contribution >= 0.6 is 11.6 Å². The van der Waals surface area contributed by atoms with Crippen LogP contribution in [0.2, 0.25) is 5.02 Å². The Morgan fingerprint density at radius 2 is 1.94 bits per heavy atom. The average molecular weight is 485 g/mol. The highest BCUT2D eigenvalue weighted by atomic mass is 35.5. The lowest BCUT2D eigenvalue weighted by Gasteiger charge is -2.07. The molecule has 0 aliphatic rings. The summed E-state index contributed by atoms with van der Waals surface area (Å²) in [7, 11) is 1.63. The van der Waals surface area contributed by atoms with Crippen LogP contribution in [0.4, 0.5) is 0 Å². The van der Waals surface area contributed by atoms with Crippen molar-refractivity contribution in [2.24, 2.45) is 0 Å². The molecule has 0 fully saturated rings. The maximum atomic E-state index is 13.3. The van der Waals surface area contributed by atoms with Crippen LogP contribution in [0.3, 0.4) is 0 Å². The van der Waals surface area contributed by atoms with Gasteiger partial charge in [-0.25, -0.2) is 4.52 Å². The fourth-order valence-corrected chi connectivity index (χ4v) is 4.71. The molecule has 0 atom stereocenters. The third-order valence-corrected chi connectivity index (χ3v) is 6.45. The van der Waals surface area contributed by atoms with Crippen LogP contribution in [0.1, 0.15) is 11.3 Å². The van der Waals surface area contributed by atoms with Crippen molar-refractivity contribution in [1.29, 1.82) is 0 Å². The molecular weight excluding hydrogens is 464 g/mol. The molecule has 4 aromatic heterocycles. The average Bonchev–Trinajstić information content (AvgIpc) is 3.45. The summed E-state index contributed by atoms with van der Waals surface area (Å²) in [6, 6.07) is 17.5. The summed E-state index contributed by atoms with van der Waals surface area (Å²) in [6.45, 7) is 0.817. The van der Waals surface area contributed by atoms with Crippen molar-refractivity contribution in [3.63, 3.8) is 0 Å². The van der Waals surface area contributed by atoms with Gasteiger partial charge in [-0.1, -0.05) is 41.9 Å². The number of ether oxygens (including phenoxy) is 1. The number of nitrogens with one attached hydrogen (secondary N) is 1. The second kappa shape index (κ2) is 8.65. The van der Waals surface area contributed by atoms with Crippen molar-refractivity contribution >= 4 is 39.2 Å². The van der Waals surface area contributed by atoms with E-state index in [0.29, 0.717) is 35.8 Å². The van der Waals surface area contributed by atoms with Crippen LogP contribution in [0.25, 0.3) is 38.7 Å². The first-order chi connectivity index (χ1) is 17.1. The molecule has 2 aromatic carbocycles. The topological polar surface area (TPSA) is 90.1 Å². The van der Waals surface area contributed by atoms with E-state index in [4.69, 9.17) is 21.4 Å². The van der Waals surface area contributed by atoms with Crippen molar-refractivity contribution in [3.05, 3.63) is 93.6 Å². The Kier molecular flexibility index (Phi) is 5.32. The molecule has 9 heteroatoms. The minimum absolute atomic E-state index is 0.208. The molecule has 0 unspecified atom stereocenters. The Morgan fingerprint density at radius 1 is 1.09 bits per heavy atom. The minimum atomic E-state index is -0.208. The smallest absolute Gasteiger partial charge is 0.280 e. The quantitative estimate of drug-likeness (QED) is 0.372. The van der Waals surface area contributed by atoms with Gasteiger partial charge in [0.2, 0.25) is 0 Å². The Hall–Kier alpha value is -4.01. The molecule has 0 aliphatic heterocycles. The number of H-pyrrole nitrogens is 1. The lowest BCUT2D eigenvalue weighted by molar-refractivity contribution is 0.181. The molecule has 0 saturated heterocycles. The zero-order chi connectivity index (χ0) is 23.9. The first-order valence-corrected chi connectivity index (χ1v) is 11.6. The van der Waals surface area contributed by atoms with Crippen molar-refractivity contribution in [2.45, 2.75) is 19.6 Å². The van der Waals surface area contributed by atoms with Crippen LogP contribution in [-0.2, 0) is 24.3 Å². The molecule has 6 rings (SSSR count). The Morgan fingerprint density at radius 3 is 2.77 bits per heavy atom. The number of hydrogen-bond donors (Lipinski definition) is 1. The van der Waals surface area contributed by atoms with E-state index in [9.17, 15) is 4.79 Å². The van der Waals surface area contributed by atoms with Crippen LogP contribution in [0.5, 0.6) is 0 Å². The molecule has 8 nitrogen and oxygen atoms in total. The van der Waals surface area contributed by atoms with Gasteiger partial charge in [0.25, 0.3) is 5.56 Å². The van der Waals surface area contributed by atoms with Gasteiger partial charge in [0.15, 0.2) is 11.2 Å². The second-order valence-electron chi connectivity index (χ2n) is 8.36. The molecule has 4 heterocycles. The van der Waals surface area contributed by atoms with Gasteiger partial charge in [-0.2, -0.15) is 5.10 Å². The monoisotopic (exact) mass is 484 g/mol. The van der Waals surface area contributed by atoms with Gasteiger partial charge in [-0.05, 0) is 41.8 Å². The number of methoxy groups -OCH3 is 1. The van der Waals surface area contributed by atoms with Gasteiger partial charge in [0.05, 0.1) is 17.9 Å². The molecule has 0 bridgehead atoms. The van der Waals surface area contributed by atoms with Crippen LogP contribution < -0.4 is 5.56 Å². The number of halogens is 1. The molecule has 0 amide bonds. The summed E-state index contributed by atoms with van der Waals surface area (Å²) in [5.74, 6) is 0. The van der Waals surface area contributed by atoms with E-state index in [1.165, 1.54) is 0 Å². The van der Waals surface area contributed by atoms with E-state index < -0.39 is 0 Å². The van der Waals surface area contributed by atoms with Crippen molar-refractivity contribution in [2.75, 3.05) is 7.11 Å². The van der Waals surface area contributed by atoms with E-state index in [2.05, 4.69) is 15.2 Å². The van der Waals surface area contributed by atoms with Crippen LogP contribution in [0, 0.1) is 0 Å².